The van der Waals surface area contributed by atoms with Gasteiger partial charge in [-0.3, -0.25) is 4.98 Å². The van der Waals surface area contributed by atoms with Crippen molar-refractivity contribution in [2.75, 3.05) is 5.32 Å². The molecule has 2 unspecified atom stereocenters. The molecule has 0 aliphatic heterocycles. The second-order valence-electron chi connectivity index (χ2n) is 4.38. The molecule has 0 radical (unpaired) electrons. The second kappa shape index (κ2) is 5.03. The molecule has 2 rings (SSSR count). The van der Waals surface area contributed by atoms with Gasteiger partial charge in [-0.1, -0.05) is 13.3 Å². The summed E-state index contributed by atoms with van der Waals surface area (Å²) >= 11 is 0. The van der Waals surface area contributed by atoms with Crippen molar-refractivity contribution in [1.82, 2.24) is 10.3 Å². The first-order chi connectivity index (χ1) is 8.60. The first-order valence-corrected chi connectivity index (χ1v) is 5.86. The number of pyridine rings is 1. The van der Waals surface area contributed by atoms with Crippen LogP contribution in [0.15, 0.2) is 18.5 Å². The average Bonchev–Trinajstić information content (AvgIpc) is 3.07. The standard InChI is InChI=1S/C12H15N3O3/c1-2-7-4-10(7)15-12(18)14-9-3-8(11(16)17)5-13-6-9/h3,5-7,10H,2,4H2,1H3,(H,16,17)(H2,14,15,18). The maximum absolute atomic E-state index is 11.6. The Morgan fingerprint density at radius 3 is 2.89 bits per heavy atom. The van der Waals surface area contributed by atoms with E-state index in [0.717, 1.165) is 12.8 Å². The SMILES string of the molecule is CCC1CC1NC(=O)Nc1cncc(C(=O)O)c1. The van der Waals surface area contributed by atoms with Crippen LogP contribution in [-0.4, -0.2) is 28.1 Å². The van der Waals surface area contributed by atoms with Crippen molar-refractivity contribution >= 4 is 17.7 Å². The summed E-state index contributed by atoms with van der Waals surface area (Å²) < 4.78 is 0. The number of hydrogen-bond acceptors (Lipinski definition) is 3. The number of nitrogens with zero attached hydrogens (tertiary/aromatic N) is 1. The Balaban J connectivity index is 1.91. The Bertz CT molecular complexity index is 475. The molecule has 0 saturated heterocycles. The minimum Gasteiger partial charge on any atom is -0.478 e. The van der Waals surface area contributed by atoms with E-state index in [9.17, 15) is 9.59 Å². The lowest BCUT2D eigenvalue weighted by atomic mass is 10.2. The highest BCUT2D eigenvalue weighted by Crippen LogP contribution is 2.33. The molecule has 2 atom stereocenters. The first kappa shape index (κ1) is 12.3. The zero-order chi connectivity index (χ0) is 13.1. The Morgan fingerprint density at radius 1 is 1.50 bits per heavy atom. The Morgan fingerprint density at radius 2 is 2.28 bits per heavy atom. The summed E-state index contributed by atoms with van der Waals surface area (Å²) in [6.07, 6.45) is 4.72. The molecule has 0 spiro atoms. The van der Waals surface area contributed by atoms with Crippen LogP contribution >= 0.6 is 0 Å². The predicted octanol–water partition coefficient (Wildman–Crippen LogP) is 1.70. The third-order valence-electron chi connectivity index (χ3n) is 3.01. The molecule has 0 bridgehead atoms. The van der Waals surface area contributed by atoms with Gasteiger partial charge in [-0.05, 0) is 18.4 Å². The van der Waals surface area contributed by atoms with Crippen LogP contribution < -0.4 is 10.6 Å². The zero-order valence-electron chi connectivity index (χ0n) is 10.0. The molecule has 1 saturated carbocycles. The van der Waals surface area contributed by atoms with E-state index in [0.29, 0.717) is 11.6 Å². The number of carbonyl (C=O) groups is 2. The van der Waals surface area contributed by atoms with Gasteiger partial charge in [-0.15, -0.1) is 0 Å². The molecule has 3 N–H and O–H groups in total. The largest absolute Gasteiger partial charge is 0.478 e. The summed E-state index contributed by atoms with van der Waals surface area (Å²) in [5.41, 5.74) is 0.423. The highest BCUT2D eigenvalue weighted by Gasteiger charge is 2.36. The molecule has 1 aliphatic carbocycles. The highest BCUT2D eigenvalue weighted by atomic mass is 16.4. The van der Waals surface area contributed by atoms with Crippen LogP contribution in [0, 0.1) is 5.92 Å². The number of amides is 2. The number of hydrogen-bond donors (Lipinski definition) is 3. The summed E-state index contributed by atoms with van der Waals surface area (Å²) in [5, 5.41) is 14.2. The third kappa shape index (κ3) is 2.97. The Kier molecular flexibility index (Phi) is 3.45. The van der Waals surface area contributed by atoms with Crippen molar-refractivity contribution in [2.45, 2.75) is 25.8 Å². The summed E-state index contributed by atoms with van der Waals surface area (Å²) in [7, 11) is 0. The monoisotopic (exact) mass is 249 g/mol. The highest BCUT2D eigenvalue weighted by molar-refractivity contribution is 5.92. The quantitative estimate of drug-likeness (QED) is 0.757. The summed E-state index contributed by atoms with van der Waals surface area (Å²) in [5.74, 6) is -0.501. The van der Waals surface area contributed by atoms with E-state index in [4.69, 9.17) is 5.11 Å². The molecular weight excluding hydrogens is 234 g/mol. The number of nitrogens with one attached hydrogen (secondary N) is 2. The Hall–Kier alpha value is -2.11. The molecule has 1 fully saturated rings. The molecule has 1 aromatic rings. The van der Waals surface area contributed by atoms with Crippen LogP contribution in [0.4, 0.5) is 10.5 Å². The average molecular weight is 249 g/mol. The van der Waals surface area contributed by atoms with Gasteiger partial charge in [0.05, 0.1) is 17.4 Å². The van der Waals surface area contributed by atoms with Crippen molar-refractivity contribution in [3.05, 3.63) is 24.0 Å². The minimum atomic E-state index is -1.07. The van der Waals surface area contributed by atoms with Gasteiger partial charge >= 0.3 is 12.0 Å². The fourth-order valence-electron chi connectivity index (χ4n) is 1.84. The van der Waals surface area contributed by atoms with Crippen LogP contribution in [-0.2, 0) is 0 Å². The number of carboxylic acid groups (broad SMARTS) is 1. The van der Waals surface area contributed by atoms with E-state index < -0.39 is 5.97 Å². The van der Waals surface area contributed by atoms with Gasteiger partial charge in [0, 0.05) is 12.2 Å². The van der Waals surface area contributed by atoms with Crippen LogP contribution in [0.3, 0.4) is 0 Å². The summed E-state index contributed by atoms with van der Waals surface area (Å²) in [6, 6.07) is 1.30. The van der Waals surface area contributed by atoms with Gasteiger partial charge in [0.25, 0.3) is 0 Å². The van der Waals surface area contributed by atoms with Gasteiger partial charge in [-0.25, -0.2) is 9.59 Å². The molecular formula is C12H15N3O3. The third-order valence-corrected chi connectivity index (χ3v) is 3.01. The summed E-state index contributed by atoms with van der Waals surface area (Å²) in [6.45, 7) is 2.09. The molecule has 1 heterocycles. The Labute approximate surface area is 104 Å². The number of aromatic nitrogens is 1. The van der Waals surface area contributed by atoms with Crippen molar-refractivity contribution in [1.29, 1.82) is 0 Å². The number of carbonyl (C=O) groups excluding carboxylic acids is 1. The second-order valence-corrected chi connectivity index (χ2v) is 4.38. The predicted molar refractivity (Wildman–Crippen MR) is 65.5 cm³/mol. The molecule has 6 nitrogen and oxygen atoms in total. The molecule has 2 amide bonds. The maximum Gasteiger partial charge on any atom is 0.337 e. The molecule has 18 heavy (non-hydrogen) atoms. The van der Waals surface area contributed by atoms with Gasteiger partial charge in [-0.2, -0.15) is 0 Å². The normalized spacial score (nSPS) is 21.2. The van der Waals surface area contributed by atoms with Crippen molar-refractivity contribution < 1.29 is 14.7 Å². The molecule has 1 aromatic heterocycles. The van der Waals surface area contributed by atoms with Crippen LogP contribution in [0.2, 0.25) is 0 Å². The fraction of sp³-hybridized carbons (Fsp3) is 0.417. The number of carboxylic acids is 1. The lowest BCUT2D eigenvalue weighted by Gasteiger charge is -2.07. The molecule has 6 heteroatoms. The zero-order valence-corrected chi connectivity index (χ0v) is 10.0. The van der Waals surface area contributed by atoms with E-state index in [1.165, 1.54) is 18.5 Å². The van der Waals surface area contributed by atoms with Crippen LogP contribution in [0.5, 0.6) is 0 Å². The van der Waals surface area contributed by atoms with Gasteiger partial charge in [0.2, 0.25) is 0 Å². The smallest absolute Gasteiger partial charge is 0.337 e. The topological polar surface area (TPSA) is 91.3 Å². The molecule has 1 aliphatic rings. The number of urea groups is 1. The van der Waals surface area contributed by atoms with Gasteiger partial charge in [0.15, 0.2) is 0 Å². The van der Waals surface area contributed by atoms with Crippen molar-refractivity contribution in [3.8, 4) is 0 Å². The molecule has 0 aromatic carbocycles. The lowest BCUT2D eigenvalue weighted by Crippen LogP contribution is -2.31. The first-order valence-electron chi connectivity index (χ1n) is 5.86. The van der Waals surface area contributed by atoms with E-state index in [-0.39, 0.29) is 17.6 Å². The van der Waals surface area contributed by atoms with Crippen LogP contribution in [0.25, 0.3) is 0 Å². The van der Waals surface area contributed by atoms with Crippen LogP contribution in [0.1, 0.15) is 30.1 Å². The maximum atomic E-state index is 11.6. The fourth-order valence-corrected chi connectivity index (χ4v) is 1.84. The molecule has 96 valence electrons. The summed E-state index contributed by atoms with van der Waals surface area (Å²) in [4.78, 5) is 26.1. The van der Waals surface area contributed by atoms with Gasteiger partial charge < -0.3 is 15.7 Å². The number of aromatic carboxylic acids is 1. The van der Waals surface area contributed by atoms with E-state index >= 15 is 0 Å². The minimum absolute atomic E-state index is 0.0469. The van der Waals surface area contributed by atoms with Gasteiger partial charge in [0.1, 0.15) is 0 Å². The number of anilines is 1. The lowest BCUT2D eigenvalue weighted by molar-refractivity contribution is 0.0696. The van der Waals surface area contributed by atoms with Crippen molar-refractivity contribution in [3.63, 3.8) is 0 Å². The number of rotatable bonds is 4. The van der Waals surface area contributed by atoms with Crippen molar-refractivity contribution in [2.24, 2.45) is 5.92 Å². The van der Waals surface area contributed by atoms with E-state index in [1.54, 1.807) is 0 Å². The van der Waals surface area contributed by atoms with E-state index in [1.807, 2.05) is 0 Å². The van der Waals surface area contributed by atoms with E-state index in [2.05, 4.69) is 22.5 Å².